The first-order chi connectivity index (χ1) is 10.1. The smallest absolute Gasteiger partial charge is 0.166 e. The third-order valence-electron chi connectivity index (χ3n) is 4.41. The molecule has 1 N–H and O–H groups in total. The SMILES string of the molecule is C=C[C@H](O)CC1Oc2c(OC)cc(Br)c3c2C1N(C)CC3. The summed E-state index contributed by atoms with van der Waals surface area (Å²) in [5.74, 6) is 1.57. The van der Waals surface area contributed by atoms with Crippen LogP contribution in [0.25, 0.3) is 0 Å². The van der Waals surface area contributed by atoms with Crippen LogP contribution < -0.4 is 9.47 Å². The van der Waals surface area contributed by atoms with Crippen molar-refractivity contribution in [2.45, 2.75) is 31.1 Å². The Balaban J connectivity index is 2.07. The second-order valence-corrected chi connectivity index (χ2v) is 6.51. The summed E-state index contributed by atoms with van der Waals surface area (Å²) < 4.78 is 12.7. The van der Waals surface area contributed by atoms with Gasteiger partial charge in [0.05, 0.1) is 19.3 Å². The Labute approximate surface area is 133 Å². The number of methoxy groups -OCH3 is 1. The number of hydrogen-bond acceptors (Lipinski definition) is 4. The number of aliphatic hydroxyl groups excluding tert-OH is 1. The number of ether oxygens (including phenoxy) is 2. The zero-order chi connectivity index (χ0) is 15.1. The molecule has 2 unspecified atom stereocenters. The summed E-state index contributed by atoms with van der Waals surface area (Å²) in [6.45, 7) is 4.63. The number of likely N-dealkylation sites (N-methyl/N-ethyl adjacent to an activating group) is 1. The lowest BCUT2D eigenvalue weighted by atomic mass is 9.89. The highest BCUT2D eigenvalue weighted by Gasteiger charge is 2.43. The number of hydrogen-bond donors (Lipinski definition) is 1. The quantitative estimate of drug-likeness (QED) is 0.845. The van der Waals surface area contributed by atoms with Crippen molar-refractivity contribution < 1.29 is 14.6 Å². The van der Waals surface area contributed by atoms with Crippen molar-refractivity contribution in [2.75, 3.05) is 20.7 Å². The fourth-order valence-corrected chi connectivity index (χ4v) is 3.97. The van der Waals surface area contributed by atoms with Gasteiger partial charge in [-0.1, -0.05) is 22.0 Å². The van der Waals surface area contributed by atoms with Crippen molar-refractivity contribution in [3.63, 3.8) is 0 Å². The predicted molar refractivity (Wildman–Crippen MR) is 85.0 cm³/mol. The minimum atomic E-state index is -0.558. The van der Waals surface area contributed by atoms with E-state index in [-0.39, 0.29) is 12.1 Å². The molecule has 5 heteroatoms. The van der Waals surface area contributed by atoms with E-state index in [9.17, 15) is 5.11 Å². The van der Waals surface area contributed by atoms with Crippen LogP contribution in [0.5, 0.6) is 11.5 Å². The predicted octanol–water partition coefficient (Wildman–Crippen LogP) is 2.68. The van der Waals surface area contributed by atoms with E-state index >= 15 is 0 Å². The maximum Gasteiger partial charge on any atom is 0.166 e. The Bertz CT molecular complexity index is 575. The lowest BCUT2D eigenvalue weighted by Gasteiger charge is -2.34. The third-order valence-corrected chi connectivity index (χ3v) is 5.12. The van der Waals surface area contributed by atoms with Crippen molar-refractivity contribution in [3.05, 3.63) is 34.3 Å². The van der Waals surface area contributed by atoms with Crippen LogP contribution in [-0.2, 0) is 6.42 Å². The van der Waals surface area contributed by atoms with Gasteiger partial charge in [0, 0.05) is 23.0 Å². The molecular weight excluding hydrogens is 334 g/mol. The number of benzene rings is 1. The summed E-state index contributed by atoms with van der Waals surface area (Å²) in [5, 5.41) is 9.91. The molecule has 21 heavy (non-hydrogen) atoms. The van der Waals surface area contributed by atoms with E-state index in [2.05, 4.69) is 34.5 Å². The molecule has 0 saturated carbocycles. The van der Waals surface area contributed by atoms with Crippen LogP contribution in [-0.4, -0.2) is 42.9 Å². The summed E-state index contributed by atoms with van der Waals surface area (Å²) in [6, 6.07) is 2.13. The molecule has 0 aliphatic carbocycles. The molecule has 3 atom stereocenters. The van der Waals surface area contributed by atoms with E-state index in [4.69, 9.17) is 9.47 Å². The van der Waals surface area contributed by atoms with Crippen LogP contribution in [0.2, 0.25) is 0 Å². The van der Waals surface area contributed by atoms with Gasteiger partial charge >= 0.3 is 0 Å². The lowest BCUT2D eigenvalue weighted by molar-refractivity contribution is 0.0690. The third kappa shape index (κ3) is 2.37. The van der Waals surface area contributed by atoms with Crippen LogP contribution in [0.1, 0.15) is 23.6 Å². The average Bonchev–Trinajstić information content (AvgIpc) is 2.85. The van der Waals surface area contributed by atoms with E-state index in [1.54, 1.807) is 13.2 Å². The Kier molecular flexibility index (Phi) is 3.99. The highest BCUT2D eigenvalue weighted by Crippen LogP contribution is 2.52. The van der Waals surface area contributed by atoms with E-state index in [1.165, 1.54) is 11.1 Å². The molecule has 3 rings (SSSR count). The van der Waals surface area contributed by atoms with E-state index in [0.29, 0.717) is 6.42 Å². The Hall–Kier alpha value is -1.04. The molecule has 4 nitrogen and oxygen atoms in total. The van der Waals surface area contributed by atoms with Gasteiger partial charge in [0.15, 0.2) is 11.5 Å². The van der Waals surface area contributed by atoms with Crippen molar-refractivity contribution in [1.29, 1.82) is 0 Å². The summed E-state index contributed by atoms with van der Waals surface area (Å²) >= 11 is 3.65. The van der Waals surface area contributed by atoms with Crippen molar-refractivity contribution >= 4 is 15.9 Å². The van der Waals surface area contributed by atoms with E-state index in [1.807, 2.05) is 6.07 Å². The fourth-order valence-electron chi connectivity index (χ4n) is 3.35. The first kappa shape index (κ1) is 14.9. The number of aliphatic hydroxyl groups is 1. The molecule has 0 fully saturated rings. The molecule has 1 aromatic carbocycles. The van der Waals surface area contributed by atoms with Gasteiger partial charge in [-0.2, -0.15) is 0 Å². The maximum absolute atomic E-state index is 9.91. The summed E-state index contributed by atoms with van der Waals surface area (Å²) in [7, 11) is 3.76. The summed E-state index contributed by atoms with van der Waals surface area (Å²) in [4.78, 5) is 2.30. The van der Waals surface area contributed by atoms with Gasteiger partial charge in [-0.3, -0.25) is 4.90 Å². The molecule has 0 amide bonds. The van der Waals surface area contributed by atoms with Gasteiger partial charge < -0.3 is 14.6 Å². The molecule has 0 aromatic heterocycles. The number of nitrogens with zero attached hydrogens (tertiary/aromatic N) is 1. The van der Waals surface area contributed by atoms with Gasteiger partial charge in [0.2, 0.25) is 0 Å². The zero-order valence-electron chi connectivity index (χ0n) is 12.3. The zero-order valence-corrected chi connectivity index (χ0v) is 13.9. The molecule has 0 radical (unpaired) electrons. The monoisotopic (exact) mass is 353 g/mol. The van der Waals surface area contributed by atoms with Crippen LogP contribution in [0.3, 0.4) is 0 Å². The minimum Gasteiger partial charge on any atom is -0.493 e. The standard InChI is InChI=1S/C16H20BrNO3/c1-4-9(19)7-12-15-14-10(5-6-18(15)2)11(17)8-13(20-3)16(14)21-12/h4,8-9,12,15,19H,1,5-7H2,2-3H3/t9-,12?,15?/m0/s1. The van der Waals surface area contributed by atoms with Crippen LogP contribution >= 0.6 is 15.9 Å². The highest BCUT2D eigenvalue weighted by molar-refractivity contribution is 9.10. The van der Waals surface area contributed by atoms with Crippen molar-refractivity contribution in [1.82, 2.24) is 4.90 Å². The van der Waals surface area contributed by atoms with Gasteiger partial charge in [-0.05, 0) is 25.1 Å². The lowest BCUT2D eigenvalue weighted by Crippen LogP contribution is -2.38. The highest BCUT2D eigenvalue weighted by atomic mass is 79.9. The molecule has 1 aromatic rings. The molecular formula is C16H20BrNO3. The normalized spacial score (nSPS) is 25.1. The van der Waals surface area contributed by atoms with Gasteiger partial charge in [0.25, 0.3) is 0 Å². The molecule has 0 saturated heterocycles. The largest absolute Gasteiger partial charge is 0.493 e. The summed E-state index contributed by atoms with van der Waals surface area (Å²) in [6.07, 6.45) is 2.44. The second kappa shape index (κ2) is 5.63. The average molecular weight is 354 g/mol. The van der Waals surface area contributed by atoms with E-state index < -0.39 is 6.10 Å². The molecule has 114 valence electrons. The van der Waals surface area contributed by atoms with Gasteiger partial charge in [-0.15, -0.1) is 6.58 Å². The van der Waals surface area contributed by atoms with Crippen molar-refractivity contribution in [3.8, 4) is 11.5 Å². The van der Waals surface area contributed by atoms with Crippen molar-refractivity contribution in [2.24, 2.45) is 0 Å². The van der Waals surface area contributed by atoms with E-state index in [0.717, 1.165) is 28.9 Å². The first-order valence-electron chi connectivity index (χ1n) is 7.13. The molecule has 2 heterocycles. The molecule has 2 aliphatic rings. The fraction of sp³-hybridized carbons (Fsp3) is 0.500. The molecule has 0 bridgehead atoms. The van der Waals surface area contributed by atoms with Gasteiger partial charge in [0.1, 0.15) is 6.10 Å². The topological polar surface area (TPSA) is 41.9 Å². The van der Waals surface area contributed by atoms with Crippen LogP contribution in [0.15, 0.2) is 23.2 Å². The Morgan fingerprint density at radius 2 is 2.43 bits per heavy atom. The Morgan fingerprint density at radius 3 is 3.10 bits per heavy atom. The number of rotatable bonds is 4. The Morgan fingerprint density at radius 1 is 1.67 bits per heavy atom. The second-order valence-electron chi connectivity index (χ2n) is 5.65. The minimum absolute atomic E-state index is 0.0831. The van der Waals surface area contributed by atoms with Crippen LogP contribution in [0, 0.1) is 0 Å². The molecule has 0 spiro atoms. The summed E-state index contributed by atoms with van der Waals surface area (Å²) in [5.41, 5.74) is 2.50. The number of halogens is 1. The van der Waals surface area contributed by atoms with Gasteiger partial charge in [-0.25, -0.2) is 0 Å². The first-order valence-corrected chi connectivity index (χ1v) is 7.93. The van der Waals surface area contributed by atoms with Crippen LogP contribution in [0.4, 0.5) is 0 Å². The maximum atomic E-state index is 9.91. The molecule has 2 aliphatic heterocycles.